The van der Waals surface area contributed by atoms with Gasteiger partial charge >= 0.3 is 0 Å². The molecular weight excluding hydrogens is 278 g/mol. The third kappa shape index (κ3) is 5.55. The van der Waals surface area contributed by atoms with Crippen LogP contribution >= 0.6 is 15.9 Å². The Bertz CT molecular complexity index is 328. The molecule has 0 amide bonds. The Labute approximate surface area is 113 Å². The molecule has 0 heterocycles. The summed E-state index contributed by atoms with van der Waals surface area (Å²) < 4.78 is 6.66. The maximum Gasteiger partial charge on any atom is 0.0639 e. The number of hydrogen-bond acceptors (Lipinski definition) is 2. The van der Waals surface area contributed by atoms with Crippen molar-refractivity contribution in [2.24, 2.45) is 0 Å². The quantitative estimate of drug-likeness (QED) is 0.725. The summed E-state index contributed by atoms with van der Waals surface area (Å²) >= 11 is 3.49. The topological polar surface area (TPSA) is 21.3 Å². The summed E-state index contributed by atoms with van der Waals surface area (Å²) in [5.41, 5.74) is 2.56. The predicted molar refractivity (Wildman–Crippen MR) is 77.7 cm³/mol. The van der Waals surface area contributed by atoms with E-state index in [-0.39, 0.29) is 0 Å². The summed E-state index contributed by atoms with van der Waals surface area (Å²) in [7, 11) is 0. The molecule has 1 aromatic rings. The molecule has 0 saturated carbocycles. The second-order valence-electron chi connectivity index (χ2n) is 4.05. The summed E-state index contributed by atoms with van der Waals surface area (Å²) in [4.78, 5) is 0. The first kappa shape index (κ1) is 14.5. The molecule has 1 N–H and O–H groups in total. The van der Waals surface area contributed by atoms with E-state index in [2.05, 4.69) is 53.3 Å². The first-order valence-corrected chi connectivity index (χ1v) is 7.17. The summed E-state index contributed by atoms with van der Waals surface area (Å²) in [6.45, 7) is 6.87. The maximum atomic E-state index is 5.52. The highest BCUT2D eigenvalue weighted by Crippen LogP contribution is 2.21. The SMILES string of the molecule is CCCCOCCNc1ccc(Br)cc1CC. The van der Waals surface area contributed by atoms with Gasteiger partial charge < -0.3 is 10.1 Å². The minimum Gasteiger partial charge on any atom is -0.383 e. The number of nitrogens with one attached hydrogen (secondary N) is 1. The van der Waals surface area contributed by atoms with Gasteiger partial charge in [-0.15, -0.1) is 0 Å². The van der Waals surface area contributed by atoms with Crippen molar-refractivity contribution in [1.29, 1.82) is 0 Å². The summed E-state index contributed by atoms with van der Waals surface area (Å²) in [5, 5.41) is 3.42. The number of anilines is 1. The molecule has 3 heteroatoms. The molecule has 0 unspecified atom stereocenters. The van der Waals surface area contributed by atoms with Crippen molar-refractivity contribution in [2.45, 2.75) is 33.1 Å². The van der Waals surface area contributed by atoms with Gasteiger partial charge in [0.25, 0.3) is 0 Å². The van der Waals surface area contributed by atoms with E-state index in [0.29, 0.717) is 0 Å². The highest BCUT2D eigenvalue weighted by Gasteiger charge is 2.00. The number of benzene rings is 1. The first-order valence-electron chi connectivity index (χ1n) is 6.38. The van der Waals surface area contributed by atoms with Crippen molar-refractivity contribution in [3.63, 3.8) is 0 Å². The van der Waals surface area contributed by atoms with E-state index >= 15 is 0 Å². The number of rotatable bonds is 8. The Kier molecular flexibility index (Phi) is 7.29. The van der Waals surface area contributed by atoms with Gasteiger partial charge in [-0.3, -0.25) is 0 Å². The monoisotopic (exact) mass is 299 g/mol. The van der Waals surface area contributed by atoms with Crippen LogP contribution in [0.2, 0.25) is 0 Å². The van der Waals surface area contributed by atoms with E-state index in [0.717, 1.165) is 37.1 Å². The van der Waals surface area contributed by atoms with Crippen LogP contribution in [0, 0.1) is 0 Å². The Morgan fingerprint density at radius 2 is 2.06 bits per heavy atom. The number of ether oxygens (including phenoxy) is 1. The molecule has 2 nitrogen and oxygen atoms in total. The van der Waals surface area contributed by atoms with Crippen LogP contribution in [0.3, 0.4) is 0 Å². The smallest absolute Gasteiger partial charge is 0.0639 e. The molecule has 96 valence electrons. The molecule has 0 radical (unpaired) electrons. The fourth-order valence-electron chi connectivity index (χ4n) is 1.63. The van der Waals surface area contributed by atoms with Gasteiger partial charge in [-0.2, -0.15) is 0 Å². The van der Waals surface area contributed by atoms with Gasteiger partial charge in [-0.1, -0.05) is 36.2 Å². The van der Waals surface area contributed by atoms with E-state index in [1.54, 1.807) is 0 Å². The Morgan fingerprint density at radius 1 is 1.24 bits per heavy atom. The maximum absolute atomic E-state index is 5.52. The molecule has 0 aliphatic heterocycles. The summed E-state index contributed by atoms with van der Waals surface area (Å²) in [6.07, 6.45) is 3.39. The zero-order chi connectivity index (χ0) is 12.5. The van der Waals surface area contributed by atoms with E-state index in [1.165, 1.54) is 17.7 Å². The summed E-state index contributed by atoms with van der Waals surface area (Å²) in [5.74, 6) is 0. The fraction of sp³-hybridized carbons (Fsp3) is 0.571. The minimum absolute atomic E-state index is 0.777. The van der Waals surface area contributed by atoms with Crippen LogP contribution < -0.4 is 5.32 Å². The molecular formula is C14H22BrNO. The Morgan fingerprint density at radius 3 is 2.76 bits per heavy atom. The van der Waals surface area contributed by atoms with E-state index in [9.17, 15) is 0 Å². The van der Waals surface area contributed by atoms with Gasteiger partial charge in [0.2, 0.25) is 0 Å². The molecule has 0 bridgehead atoms. The second kappa shape index (κ2) is 8.54. The van der Waals surface area contributed by atoms with Crippen LogP contribution in [0.4, 0.5) is 5.69 Å². The van der Waals surface area contributed by atoms with Crippen LogP contribution in [0.25, 0.3) is 0 Å². The van der Waals surface area contributed by atoms with E-state index in [4.69, 9.17) is 4.74 Å². The third-order valence-corrected chi connectivity index (χ3v) is 3.15. The second-order valence-corrected chi connectivity index (χ2v) is 4.96. The van der Waals surface area contributed by atoms with Gasteiger partial charge in [-0.25, -0.2) is 0 Å². The average Bonchev–Trinajstić information content (AvgIpc) is 2.35. The molecule has 0 aliphatic carbocycles. The van der Waals surface area contributed by atoms with Gasteiger partial charge in [-0.05, 0) is 36.6 Å². The number of aryl methyl sites for hydroxylation is 1. The molecule has 17 heavy (non-hydrogen) atoms. The predicted octanol–water partition coefficient (Wildman–Crippen LogP) is 4.24. The van der Waals surface area contributed by atoms with Crippen molar-refractivity contribution in [3.8, 4) is 0 Å². The van der Waals surface area contributed by atoms with Crippen molar-refractivity contribution in [1.82, 2.24) is 0 Å². The molecule has 0 fully saturated rings. The van der Waals surface area contributed by atoms with Crippen LogP contribution in [-0.2, 0) is 11.2 Å². The van der Waals surface area contributed by atoms with E-state index < -0.39 is 0 Å². The molecule has 0 aromatic heterocycles. The molecule has 0 aliphatic rings. The number of unbranched alkanes of at least 4 members (excludes halogenated alkanes) is 1. The highest BCUT2D eigenvalue weighted by atomic mass is 79.9. The minimum atomic E-state index is 0.777. The van der Waals surface area contributed by atoms with Crippen LogP contribution in [0.5, 0.6) is 0 Å². The molecule has 0 atom stereocenters. The van der Waals surface area contributed by atoms with Crippen molar-refractivity contribution in [3.05, 3.63) is 28.2 Å². The van der Waals surface area contributed by atoms with Gasteiger partial charge in [0.1, 0.15) is 0 Å². The Hall–Kier alpha value is -0.540. The largest absolute Gasteiger partial charge is 0.383 e. The van der Waals surface area contributed by atoms with Gasteiger partial charge in [0, 0.05) is 23.3 Å². The van der Waals surface area contributed by atoms with Gasteiger partial charge in [0.05, 0.1) is 6.61 Å². The van der Waals surface area contributed by atoms with Crippen LogP contribution in [0.15, 0.2) is 22.7 Å². The van der Waals surface area contributed by atoms with Crippen molar-refractivity contribution < 1.29 is 4.74 Å². The lowest BCUT2D eigenvalue weighted by Gasteiger charge is -2.11. The van der Waals surface area contributed by atoms with Crippen LogP contribution in [-0.4, -0.2) is 19.8 Å². The standard InChI is InChI=1S/C14H22BrNO/c1-3-5-9-17-10-8-16-14-7-6-13(15)11-12(14)4-2/h6-7,11,16H,3-5,8-10H2,1-2H3. The highest BCUT2D eigenvalue weighted by molar-refractivity contribution is 9.10. The van der Waals surface area contributed by atoms with E-state index in [1.807, 2.05) is 0 Å². The first-order chi connectivity index (χ1) is 8.27. The van der Waals surface area contributed by atoms with Crippen LogP contribution in [0.1, 0.15) is 32.3 Å². The normalized spacial score (nSPS) is 10.5. The lowest BCUT2D eigenvalue weighted by atomic mass is 10.1. The third-order valence-electron chi connectivity index (χ3n) is 2.65. The fourth-order valence-corrected chi connectivity index (χ4v) is 2.04. The average molecular weight is 300 g/mol. The van der Waals surface area contributed by atoms with Crippen molar-refractivity contribution >= 4 is 21.6 Å². The molecule has 0 saturated heterocycles. The zero-order valence-electron chi connectivity index (χ0n) is 10.8. The molecule has 1 aromatic carbocycles. The summed E-state index contributed by atoms with van der Waals surface area (Å²) in [6, 6.07) is 6.36. The lowest BCUT2D eigenvalue weighted by molar-refractivity contribution is 0.141. The zero-order valence-corrected chi connectivity index (χ0v) is 12.3. The van der Waals surface area contributed by atoms with Gasteiger partial charge in [0.15, 0.2) is 0 Å². The molecule has 0 spiro atoms. The lowest BCUT2D eigenvalue weighted by Crippen LogP contribution is -2.11. The number of halogens is 1. The molecule has 1 rings (SSSR count). The number of hydrogen-bond donors (Lipinski definition) is 1. The Balaban J connectivity index is 2.31. The van der Waals surface area contributed by atoms with Crippen molar-refractivity contribution in [2.75, 3.05) is 25.1 Å².